The molecule has 0 bridgehead atoms. The zero-order chi connectivity index (χ0) is 36.5. The van der Waals surface area contributed by atoms with Crippen molar-refractivity contribution in [2.75, 3.05) is 13.2 Å². The van der Waals surface area contributed by atoms with Crippen LogP contribution in [-0.4, -0.2) is 107 Å². The van der Waals surface area contributed by atoms with Crippen LogP contribution in [0.1, 0.15) is 142 Å². The third-order valence-corrected chi connectivity index (χ3v) is 9.40. The van der Waals surface area contributed by atoms with Crippen molar-refractivity contribution in [1.29, 1.82) is 0 Å². The lowest BCUT2D eigenvalue weighted by atomic mass is 9.99. The SMILES string of the molecule is CCCCC/C=C\CCCCCCC(O)C(=O)NC(COC1OC(CO)C(O)C(OS(=O)(=O)O)C1O)C(O)CCCCCCCCCCC. The van der Waals surface area contributed by atoms with Crippen molar-refractivity contribution in [2.45, 2.75) is 191 Å². The van der Waals surface area contributed by atoms with Crippen LogP contribution in [0.2, 0.25) is 0 Å². The molecule has 0 spiro atoms. The summed E-state index contributed by atoms with van der Waals surface area (Å²) in [5.41, 5.74) is 0. The molecule has 290 valence electrons. The van der Waals surface area contributed by atoms with Gasteiger partial charge in [0.15, 0.2) is 6.29 Å². The molecule has 8 atom stereocenters. The summed E-state index contributed by atoms with van der Waals surface area (Å²) in [4.78, 5) is 13.0. The minimum atomic E-state index is -5.10. The Balaban J connectivity index is 2.71. The van der Waals surface area contributed by atoms with Crippen molar-refractivity contribution in [3.8, 4) is 0 Å². The first-order valence-electron chi connectivity index (χ1n) is 18.7. The Morgan fingerprint density at radius 3 is 1.88 bits per heavy atom. The van der Waals surface area contributed by atoms with E-state index < -0.39 is 78.5 Å². The maximum Gasteiger partial charge on any atom is 0.397 e. The number of rotatable bonds is 30. The van der Waals surface area contributed by atoms with Crippen LogP contribution in [-0.2, 0) is 28.9 Å². The summed E-state index contributed by atoms with van der Waals surface area (Å²) in [6.45, 7) is 3.16. The molecular formula is C35H67NO12S. The molecule has 0 aromatic rings. The molecule has 1 fully saturated rings. The Labute approximate surface area is 294 Å². The number of amides is 1. The average molecular weight is 726 g/mol. The molecule has 1 heterocycles. The van der Waals surface area contributed by atoms with Crippen LogP contribution in [0.15, 0.2) is 12.2 Å². The summed E-state index contributed by atoms with van der Waals surface area (Å²) in [6.07, 6.45) is 13.0. The van der Waals surface area contributed by atoms with E-state index in [1.165, 1.54) is 51.4 Å². The van der Waals surface area contributed by atoms with Crippen LogP contribution in [0, 0.1) is 0 Å². The largest absolute Gasteiger partial charge is 0.397 e. The highest BCUT2D eigenvalue weighted by Gasteiger charge is 2.48. The van der Waals surface area contributed by atoms with Gasteiger partial charge in [0.25, 0.3) is 0 Å². The van der Waals surface area contributed by atoms with Gasteiger partial charge in [-0.15, -0.1) is 0 Å². The van der Waals surface area contributed by atoms with Gasteiger partial charge in [0.2, 0.25) is 5.91 Å². The number of unbranched alkanes of at least 4 members (excludes halogenated alkanes) is 15. The van der Waals surface area contributed by atoms with Crippen LogP contribution < -0.4 is 5.32 Å². The molecule has 0 aliphatic carbocycles. The number of ether oxygens (including phenoxy) is 2. The molecule has 7 N–H and O–H groups in total. The molecule has 0 aromatic heterocycles. The molecule has 0 saturated carbocycles. The minimum absolute atomic E-state index is 0.246. The van der Waals surface area contributed by atoms with E-state index in [0.29, 0.717) is 19.3 Å². The van der Waals surface area contributed by atoms with Gasteiger partial charge in [-0.05, 0) is 38.5 Å². The van der Waals surface area contributed by atoms with E-state index in [9.17, 15) is 38.7 Å². The summed E-state index contributed by atoms with van der Waals surface area (Å²) in [5, 5.41) is 54.8. The Hall–Kier alpha value is -1.20. The molecule has 0 radical (unpaired) electrons. The molecule has 14 heteroatoms. The van der Waals surface area contributed by atoms with Gasteiger partial charge in [-0.1, -0.05) is 116 Å². The molecule has 1 aliphatic heterocycles. The number of aliphatic hydroxyl groups is 5. The van der Waals surface area contributed by atoms with Crippen LogP contribution >= 0.6 is 0 Å². The van der Waals surface area contributed by atoms with Crippen molar-refractivity contribution in [3.05, 3.63) is 12.2 Å². The Bertz CT molecular complexity index is 968. The minimum Gasteiger partial charge on any atom is -0.394 e. The van der Waals surface area contributed by atoms with E-state index in [2.05, 4.69) is 35.5 Å². The molecular weight excluding hydrogens is 658 g/mol. The molecule has 0 aromatic carbocycles. The van der Waals surface area contributed by atoms with Gasteiger partial charge in [0.05, 0.1) is 25.4 Å². The topological polar surface area (TPSA) is 212 Å². The van der Waals surface area contributed by atoms with Crippen molar-refractivity contribution in [1.82, 2.24) is 5.32 Å². The molecule has 1 saturated heterocycles. The summed E-state index contributed by atoms with van der Waals surface area (Å²) < 4.78 is 47.2. The molecule has 8 unspecified atom stereocenters. The standard InChI is InChI=1S/C35H67NO12S/c1-3-5-7-9-11-13-14-16-18-20-22-24-29(39)34(42)36-27(28(38)23-21-19-17-15-12-10-8-6-4-2)26-46-35-32(41)33(48-49(43,44)45)31(40)30(25-37)47-35/h11,13,27-33,35,37-41H,3-10,12,14-26H2,1-2H3,(H,36,42)(H,43,44,45)/b13-11-. The Kier molecular flexibility index (Phi) is 25.7. The maximum absolute atomic E-state index is 13.0. The molecule has 49 heavy (non-hydrogen) atoms. The predicted molar refractivity (Wildman–Crippen MR) is 187 cm³/mol. The van der Waals surface area contributed by atoms with E-state index in [1.54, 1.807) is 0 Å². The van der Waals surface area contributed by atoms with Crippen molar-refractivity contribution in [2.24, 2.45) is 0 Å². The van der Waals surface area contributed by atoms with Crippen molar-refractivity contribution >= 4 is 16.3 Å². The fraction of sp³-hybridized carbons (Fsp3) is 0.914. The summed E-state index contributed by atoms with van der Waals surface area (Å²) in [6, 6.07) is -1.03. The zero-order valence-corrected chi connectivity index (χ0v) is 30.7. The van der Waals surface area contributed by atoms with Gasteiger partial charge >= 0.3 is 10.4 Å². The molecule has 1 amide bonds. The highest BCUT2D eigenvalue weighted by molar-refractivity contribution is 7.80. The van der Waals surface area contributed by atoms with E-state index in [-0.39, 0.29) is 6.42 Å². The van der Waals surface area contributed by atoms with Gasteiger partial charge < -0.3 is 40.3 Å². The molecule has 13 nitrogen and oxygen atoms in total. The highest BCUT2D eigenvalue weighted by atomic mass is 32.3. The van der Waals surface area contributed by atoms with E-state index in [4.69, 9.17) is 14.0 Å². The van der Waals surface area contributed by atoms with E-state index >= 15 is 0 Å². The first-order valence-corrected chi connectivity index (χ1v) is 20.0. The highest BCUT2D eigenvalue weighted by Crippen LogP contribution is 2.26. The lowest BCUT2D eigenvalue weighted by Gasteiger charge is -2.41. The van der Waals surface area contributed by atoms with Gasteiger partial charge in [-0.3, -0.25) is 9.35 Å². The van der Waals surface area contributed by atoms with Crippen LogP contribution in [0.25, 0.3) is 0 Å². The average Bonchev–Trinajstić information content (AvgIpc) is 3.06. The third kappa shape index (κ3) is 21.0. The number of aliphatic hydroxyl groups excluding tert-OH is 5. The lowest BCUT2D eigenvalue weighted by molar-refractivity contribution is -0.298. The van der Waals surface area contributed by atoms with Gasteiger partial charge in [-0.25, -0.2) is 4.18 Å². The van der Waals surface area contributed by atoms with Crippen molar-refractivity contribution in [3.63, 3.8) is 0 Å². The van der Waals surface area contributed by atoms with Crippen LogP contribution in [0.4, 0.5) is 0 Å². The first kappa shape index (κ1) is 45.8. The smallest absolute Gasteiger partial charge is 0.394 e. The number of hydrogen-bond donors (Lipinski definition) is 7. The van der Waals surface area contributed by atoms with Crippen molar-refractivity contribution < 1.29 is 57.0 Å². The van der Waals surface area contributed by atoms with E-state index in [0.717, 1.165) is 51.4 Å². The van der Waals surface area contributed by atoms with Crippen LogP contribution in [0.3, 0.4) is 0 Å². The summed E-state index contributed by atoms with van der Waals surface area (Å²) in [5.74, 6) is -0.684. The Morgan fingerprint density at radius 2 is 1.31 bits per heavy atom. The number of allylic oxidation sites excluding steroid dienone is 2. The Morgan fingerprint density at radius 1 is 0.796 bits per heavy atom. The fourth-order valence-corrected chi connectivity index (χ4v) is 6.38. The number of hydrogen-bond acceptors (Lipinski definition) is 11. The van der Waals surface area contributed by atoms with Gasteiger partial charge in [0.1, 0.15) is 30.5 Å². The maximum atomic E-state index is 13.0. The fourth-order valence-electron chi connectivity index (χ4n) is 5.87. The monoisotopic (exact) mass is 725 g/mol. The second kappa shape index (κ2) is 27.5. The number of carbonyl (C=O) groups is 1. The first-order chi connectivity index (χ1) is 23.4. The molecule has 1 aliphatic rings. The zero-order valence-electron chi connectivity index (χ0n) is 29.9. The van der Waals surface area contributed by atoms with E-state index in [1.807, 2.05) is 0 Å². The summed E-state index contributed by atoms with van der Waals surface area (Å²) >= 11 is 0. The van der Waals surface area contributed by atoms with Crippen LogP contribution in [0.5, 0.6) is 0 Å². The summed E-state index contributed by atoms with van der Waals surface area (Å²) in [7, 11) is -5.10. The number of carbonyl (C=O) groups excluding carboxylic acids is 1. The predicted octanol–water partition coefficient (Wildman–Crippen LogP) is 4.23. The van der Waals surface area contributed by atoms with Gasteiger partial charge in [0, 0.05) is 0 Å². The lowest BCUT2D eigenvalue weighted by Crippen LogP contribution is -2.61. The third-order valence-electron chi connectivity index (χ3n) is 8.93. The van der Waals surface area contributed by atoms with Gasteiger partial charge in [-0.2, -0.15) is 8.42 Å². The second-order valence-electron chi connectivity index (χ2n) is 13.3. The quantitative estimate of drug-likeness (QED) is 0.0315. The second-order valence-corrected chi connectivity index (χ2v) is 14.4. The normalized spacial score (nSPS) is 23.5. The molecule has 1 rings (SSSR count). The number of nitrogens with one attached hydrogen (secondary N) is 1.